The lowest BCUT2D eigenvalue weighted by atomic mass is 10.1. The fourth-order valence-corrected chi connectivity index (χ4v) is 4.64. The third-order valence-corrected chi connectivity index (χ3v) is 6.75. The summed E-state index contributed by atoms with van der Waals surface area (Å²) in [4.78, 5) is 16.0. The van der Waals surface area contributed by atoms with E-state index in [0.717, 1.165) is 4.88 Å². The molecule has 1 unspecified atom stereocenters. The van der Waals surface area contributed by atoms with Crippen LogP contribution in [0.2, 0.25) is 0 Å². The maximum atomic E-state index is 12.7. The highest BCUT2D eigenvalue weighted by Crippen LogP contribution is 2.23. The molecule has 1 atom stereocenters. The molecule has 7 nitrogen and oxygen atoms in total. The quantitative estimate of drug-likeness (QED) is 0.569. The summed E-state index contributed by atoms with van der Waals surface area (Å²) in [6.45, 7) is 2.65. The van der Waals surface area contributed by atoms with Crippen molar-refractivity contribution in [3.8, 4) is 0 Å². The molecule has 9 heteroatoms. The van der Waals surface area contributed by atoms with Gasteiger partial charge in [0.15, 0.2) is 0 Å². The van der Waals surface area contributed by atoms with Crippen molar-refractivity contribution in [3.05, 3.63) is 51.7 Å². The van der Waals surface area contributed by atoms with Crippen molar-refractivity contribution in [2.45, 2.75) is 17.9 Å². The topological polar surface area (TPSA) is 87.7 Å². The Hall–Kier alpha value is -1.78. The Morgan fingerprint density at radius 1 is 1.29 bits per heavy atom. The average Bonchev–Trinajstić information content (AvgIpc) is 3.16. The van der Waals surface area contributed by atoms with Gasteiger partial charge in [0.25, 0.3) is 5.91 Å². The number of carbonyl (C=O) groups excluding carboxylic acids is 1. The molecule has 0 aliphatic rings. The molecule has 2 aromatic rings. The average molecular weight is 426 g/mol. The van der Waals surface area contributed by atoms with E-state index in [1.165, 1.54) is 19.2 Å². The lowest BCUT2D eigenvalue weighted by Crippen LogP contribution is -2.34. The van der Waals surface area contributed by atoms with Crippen molar-refractivity contribution in [1.82, 2.24) is 14.9 Å². The zero-order valence-electron chi connectivity index (χ0n) is 16.6. The Labute approximate surface area is 170 Å². The number of benzene rings is 1. The molecular weight excluding hydrogens is 398 g/mol. The van der Waals surface area contributed by atoms with Gasteiger partial charge in [-0.1, -0.05) is 12.1 Å². The van der Waals surface area contributed by atoms with Gasteiger partial charge in [-0.05, 0) is 50.2 Å². The number of hydrogen-bond acceptors (Lipinski definition) is 6. The minimum Gasteiger partial charge on any atom is -0.383 e. The van der Waals surface area contributed by atoms with Crippen LogP contribution in [-0.4, -0.2) is 60.1 Å². The molecule has 0 saturated carbocycles. The lowest BCUT2D eigenvalue weighted by Gasteiger charge is -2.23. The molecule has 2 N–H and O–H groups in total. The van der Waals surface area contributed by atoms with Crippen LogP contribution >= 0.6 is 11.3 Å². The fraction of sp³-hybridized carbons (Fsp3) is 0.421. The second-order valence-electron chi connectivity index (χ2n) is 6.57. The van der Waals surface area contributed by atoms with Crippen LogP contribution in [0, 0.1) is 6.92 Å². The van der Waals surface area contributed by atoms with E-state index in [-0.39, 0.29) is 30.0 Å². The highest BCUT2D eigenvalue weighted by atomic mass is 32.2. The summed E-state index contributed by atoms with van der Waals surface area (Å²) in [5, 5.41) is 4.93. The predicted octanol–water partition coefficient (Wildman–Crippen LogP) is 2.01. The van der Waals surface area contributed by atoms with E-state index in [0.29, 0.717) is 17.7 Å². The number of likely N-dealkylation sites (N-methyl/N-ethyl adjacent to an activating group) is 1. The summed E-state index contributed by atoms with van der Waals surface area (Å²) < 4.78 is 32.1. The first kappa shape index (κ1) is 22.5. The van der Waals surface area contributed by atoms with Gasteiger partial charge in [0.1, 0.15) is 0 Å². The zero-order valence-corrected chi connectivity index (χ0v) is 18.2. The maximum absolute atomic E-state index is 12.7. The number of ether oxygens (including phenoxy) is 1. The normalized spacial score (nSPS) is 12.9. The highest BCUT2D eigenvalue weighted by molar-refractivity contribution is 7.89. The molecule has 0 bridgehead atoms. The van der Waals surface area contributed by atoms with Crippen LogP contribution in [0.4, 0.5) is 0 Å². The van der Waals surface area contributed by atoms with Gasteiger partial charge in [0.2, 0.25) is 10.0 Å². The van der Waals surface area contributed by atoms with Crippen LogP contribution in [0.3, 0.4) is 0 Å². The molecule has 1 aromatic heterocycles. The van der Waals surface area contributed by atoms with Gasteiger partial charge >= 0.3 is 0 Å². The first-order chi connectivity index (χ1) is 13.3. The summed E-state index contributed by atoms with van der Waals surface area (Å²) in [7, 11) is 1.72. The Bertz CT molecular complexity index is 881. The SMILES string of the molecule is COCCNS(=O)(=O)c1ccc(C)c(C(=O)NCC(c2cccs2)N(C)C)c1. The van der Waals surface area contributed by atoms with Crippen LogP contribution in [0.5, 0.6) is 0 Å². The third kappa shape index (κ3) is 5.86. The number of thiophene rings is 1. The highest BCUT2D eigenvalue weighted by Gasteiger charge is 2.20. The van der Waals surface area contributed by atoms with Crippen molar-refractivity contribution < 1.29 is 17.9 Å². The molecule has 0 radical (unpaired) electrons. The summed E-state index contributed by atoms with van der Waals surface area (Å²) in [6, 6.07) is 8.61. The monoisotopic (exact) mass is 425 g/mol. The lowest BCUT2D eigenvalue weighted by molar-refractivity contribution is 0.0941. The van der Waals surface area contributed by atoms with Crippen LogP contribution in [-0.2, 0) is 14.8 Å². The van der Waals surface area contributed by atoms with Crippen LogP contribution in [0.15, 0.2) is 40.6 Å². The van der Waals surface area contributed by atoms with Crippen molar-refractivity contribution in [2.24, 2.45) is 0 Å². The largest absolute Gasteiger partial charge is 0.383 e. The van der Waals surface area contributed by atoms with E-state index in [1.54, 1.807) is 24.3 Å². The van der Waals surface area contributed by atoms with Gasteiger partial charge < -0.3 is 15.0 Å². The molecule has 0 spiro atoms. The minimum atomic E-state index is -3.70. The van der Waals surface area contributed by atoms with E-state index in [4.69, 9.17) is 4.74 Å². The number of carbonyl (C=O) groups is 1. The van der Waals surface area contributed by atoms with Gasteiger partial charge in [-0.2, -0.15) is 0 Å². The van der Waals surface area contributed by atoms with Crippen molar-refractivity contribution >= 4 is 27.3 Å². The van der Waals surface area contributed by atoms with E-state index in [1.807, 2.05) is 36.5 Å². The number of nitrogens with one attached hydrogen (secondary N) is 2. The Morgan fingerprint density at radius 3 is 2.64 bits per heavy atom. The van der Waals surface area contributed by atoms with E-state index < -0.39 is 10.0 Å². The number of hydrogen-bond donors (Lipinski definition) is 2. The molecule has 0 aliphatic carbocycles. The predicted molar refractivity (Wildman–Crippen MR) is 111 cm³/mol. The molecule has 1 aromatic carbocycles. The third-order valence-electron chi connectivity index (χ3n) is 4.31. The second kappa shape index (κ2) is 10.1. The molecule has 1 heterocycles. The smallest absolute Gasteiger partial charge is 0.251 e. The maximum Gasteiger partial charge on any atom is 0.251 e. The van der Waals surface area contributed by atoms with Gasteiger partial charge in [-0.3, -0.25) is 4.79 Å². The molecule has 154 valence electrons. The van der Waals surface area contributed by atoms with E-state index in [2.05, 4.69) is 10.0 Å². The number of nitrogens with zero attached hydrogens (tertiary/aromatic N) is 1. The van der Waals surface area contributed by atoms with Gasteiger partial charge in [-0.25, -0.2) is 13.1 Å². The summed E-state index contributed by atoms with van der Waals surface area (Å²) >= 11 is 1.63. The Kier molecular flexibility index (Phi) is 8.14. The van der Waals surface area contributed by atoms with Crippen LogP contribution in [0.1, 0.15) is 26.8 Å². The summed E-state index contributed by atoms with van der Waals surface area (Å²) in [5.74, 6) is -0.296. The Balaban J connectivity index is 2.14. The molecule has 28 heavy (non-hydrogen) atoms. The van der Waals surface area contributed by atoms with Crippen LogP contribution in [0.25, 0.3) is 0 Å². The minimum absolute atomic E-state index is 0.0480. The van der Waals surface area contributed by atoms with Crippen molar-refractivity contribution in [2.75, 3.05) is 40.9 Å². The summed E-state index contributed by atoms with van der Waals surface area (Å²) in [5.41, 5.74) is 1.06. The number of methoxy groups -OCH3 is 1. The van der Waals surface area contributed by atoms with Crippen molar-refractivity contribution in [3.63, 3.8) is 0 Å². The first-order valence-corrected chi connectivity index (χ1v) is 11.2. The standard InChI is InChI=1S/C19H27N3O4S2/c1-14-7-8-15(28(24,25)21-9-10-26-4)12-16(14)19(23)20-13-17(22(2)3)18-6-5-11-27-18/h5-8,11-12,17,21H,9-10,13H2,1-4H3,(H,20,23). The molecule has 1 amide bonds. The number of aryl methyl sites for hydroxylation is 1. The van der Waals surface area contributed by atoms with E-state index in [9.17, 15) is 13.2 Å². The van der Waals surface area contributed by atoms with Crippen LogP contribution < -0.4 is 10.0 Å². The molecule has 0 aliphatic heterocycles. The summed E-state index contributed by atoms with van der Waals surface area (Å²) in [6.07, 6.45) is 0. The number of rotatable bonds is 10. The second-order valence-corrected chi connectivity index (χ2v) is 9.32. The van der Waals surface area contributed by atoms with Gasteiger partial charge in [0, 0.05) is 30.6 Å². The van der Waals surface area contributed by atoms with Crippen molar-refractivity contribution in [1.29, 1.82) is 0 Å². The Morgan fingerprint density at radius 2 is 2.04 bits per heavy atom. The molecule has 0 saturated heterocycles. The van der Waals surface area contributed by atoms with Gasteiger partial charge in [-0.15, -0.1) is 11.3 Å². The number of sulfonamides is 1. The molecular formula is C19H27N3O4S2. The molecule has 2 rings (SSSR count). The zero-order chi connectivity index (χ0) is 20.7. The first-order valence-electron chi connectivity index (χ1n) is 8.83. The van der Waals surface area contributed by atoms with E-state index >= 15 is 0 Å². The fourth-order valence-electron chi connectivity index (χ4n) is 2.68. The number of amides is 1. The van der Waals surface area contributed by atoms with Gasteiger partial charge in [0.05, 0.1) is 17.5 Å². The molecule has 0 fully saturated rings.